The number of rotatable bonds is 5. The van der Waals surface area contributed by atoms with E-state index in [9.17, 15) is 8.42 Å². The van der Waals surface area contributed by atoms with Crippen molar-refractivity contribution >= 4 is 21.6 Å². The average molecular weight is 304 g/mol. The number of hydrogen-bond donors (Lipinski definition) is 0. The molecular weight excluding hydrogens is 288 g/mol. The fourth-order valence-corrected chi connectivity index (χ4v) is 3.69. The third-order valence-electron chi connectivity index (χ3n) is 2.77. The summed E-state index contributed by atoms with van der Waals surface area (Å²) in [6, 6.07) is 16.8. The van der Waals surface area contributed by atoms with Crippen LogP contribution in [0.5, 0.6) is 0 Å². The second-order valence-corrected chi connectivity index (χ2v) is 7.15. The normalized spacial score (nSPS) is 11.8. The van der Waals surface area contributed by atoms with Crippen LogP contribution in [0.2, 0.25) is 0 Å². The van der Waals surface area contributed by atoms with Crippen LogP contribution in [-0.2, 0) is 15.6 Å². The Morgan fingerprint density at radius 3 is 2.30 bits per heavy atom. The summed E-state index contributed by atoms with van der Waals surface area (Å²) in [5, 5.41) is 2.91. The molecule has 0 aromatic heterocycles. The Hall–Kier alpha value is -1.52. The van der Waals surface area contributed by atoms with Crippen LogP contribution < -0.4 is 0 Å². The van der Waals surface area contributed by atoms with Gasteiger partial charge < -0.3 is 0 Å². The summed E-state index contributed by atoms with van der Waals surface area (Å²) in [5.74, 6) is 0.765. The van der Waals surface area contributed by atoms with Gasteiger partial charge in [-0.15, -0.1) is 11.8 Å². The van der Waals surface area contributed by atoms with E-state index in [2.05, 4.69) is 0 Å². The first-order chi connectivity index (χ1) is 9.58. The van der Waals surface area contributed by atoms with Gasteiger partial charge in [-0.2, -0.15) is 0 Å². The minimum Gasteiger partial charge on any atom is -0.219 e. The van der Waals surface area contributed by atoms with Crippen molar-refractivity contribution in [1.29, 1.82) is 0 Å². The molecule has 0 radical (unpaired) electrons. The lowest BCUT2D eigenvalue weighted by Gasteiger charge is -2.00. The van der Waals surface area contributed by atoms with E-state index in [0.29, 0.717) is 4.90 Å². The Labute approximate surface area is 124 Å². The van der Waals surface area contributed by atoms with Crippen molar-refractivity contribution < 1.29 is 8.42 Å². The molecular formula is C16H16O2S2. The zero-order valence-electron chi connectivity index (χ0n) is 11.2. The van der Waals surface area contributed by atoms with E-state index in [4.69, 9.17) is 0 Å². The van der Waals surface area contributed by atoms with Gasteiger partial charge in [-0.3, -0.25) is 0 Å². The minimum atomic E-state index is -3.33. The molecule has 0 amide bonds. The summed E-state index contributed by atoms with van der Waals surface area (Å²) >= 11 is 1.47. The molecule has 20 heavy (non-hydrogen) atoms. The van der Waals surface area contributed by atoms with Gasteiger partial charge in [-0.1, -0.05) is 48.0 Å². The first-order valence-electron chi connectivity index (χ1n) is 6.22. The minimum absolute atomic E-state index is 0.333. The maximum absolute atomic E-state index is 12.1. The molecule has 0 spiro atoms. The Balaban J connectivity index is 1.98. The number of hydrogen-bond acceptors (Lipinski definition) is 3. The maximum Gasteiger partial charge on any atom is 0.200 e. The van der Waals surface area contributed by atoms with E-state index in [1.807, 2.05) is 37.3 Å². The van der Waals surface area contributed by atoms with Crippen LogP contribution in [0.25, 0.3) is 0 Å². The third kappa shape index (κ3) is 4.25. The molecule has 0 N–H and O–H groups in total. The lowest BCUT2D eigenvalue weighted by molar-refractivity contribution is 0.604. The van der Waals surface area contributed by atoms with E-state index in [-0.39, 0.29) is 0 Å². The predicted octanol–water partition coefficient (Wildman–Crippen LogP) is 4.17. The van der Waals surface area contributed by atoms with E-state index in [0.717, 1.165) is 11.3 Å². The van der Waals surface area contributed by atoms with Crippen LogP contribution in [0.3, 0.4) is 0 Å². The van der Waals surface area contributed by atoms with Crippen molar-refractivity contribution in [2.24, 2.45) is 0 Å². The van der Waals surface area contributed by atoms with E-state index >= 15 is 0 Å². The summed E-state index contributed by atoms with van der Waals surface area (Å²) in [6.07, 6.45) is 0. The van der Waals surface area contributed by atoms with Gasteiger partial charge in [0.1, 0.15) is 0 Å². The van der Waals surface area contributed by atoms with Gasteiger partial charge in [0.25, 0.3) is 0 Å². The van der Waals surface area contributed by atoms with Crippen molar-refractivity contribution in [3.05, 3.63) is 76.5 Å². The second-order valence-electron chi connectivity index (χ2n) is 4.43. The molecule has 0 fully saturated rings. The molecule has 0 heterocycles. The van der Waals surface area contributed by atoms with Gasteiger partial charge >= 0.3 is 0 Å². The number of aryl methyl sites for hydroxylation is 1. The monoisotopic (exact) mass is 304 g/mol. The van der Waals surface area contributed by atoms with Crippen LogP contribution in [0.1, 0.15) is 11.1 Å². The van der Waals surface area contributed by atoms with Crippen molar-refractivity contribution in [1.82, 2.24) is 0 Å². The van der Waals surface area contributed by atoms with Gasteiger partial charge in [0.15, 0.2) is 9.84 Å². The average Bonchev–Trinajstić information content (AvgIpc) is 2.45. The highest BCUT2D eigenvalue weighted by atomic mass is 32.2. The van der Waals surface area contributed by atoms with Gasteiger partial charge in [-0.05, 0) is 30.0 Å². The molecule has 0 aliphatic carbocycles. The largest absolute Gasteiger partial charge is 0.219 e. The molecule has 0 saturated carbocycles. The lowest BCUT2D eigenvalue weighted by Crippen LogP contribution is -1.95. The summed E-state index contributed by atoms with van der Waals surface area (Å²) in [6.45, 7) is 1.93. The molecule has 2 rings (SSSR count). The highest BCUT2D eigenvalue weighted by Crippen LogP contribution is 2.17. The molecule has 0 aliphatic heterocycles. The van der Waals surface area contributed by atoms with Crippen molar-refractivity contribution in [3.63, 3.8) is 0 Å². The molecule has 4 heteroatoms. The van der Waals surface area contributed by atoms with E-state index in [1.54, 1.807) is 29.7 Å². The summed E-state index contributed by atoms with van der Waals surface area (Å²) in [5.41, 5.74) is 2.22. The van der Waals surface area contributed by atoms with Crippen LogP contribution in [0, 0.1) is 6.92 Å². The zero-order chi connectivity index (χ0) is 14.4. The molecule has 2 aromatic rings. The standard InChI is InChI=1S/C16H16O2S2/c1-14-7-9-16(10-8-14)20(17,18)12-11-19-13-15-5-3-2-4-6-15/h2-12H,13H2,1H3/b12-11+. The predicted molar refractivity (Wildman–Crippen MR) is 85.2 cm³/mol. The maximum atomic E-state index is 12.1. The molecule has 0 bridgehead atoms. The quantitative estimate of drug-likeness (QED) is 0.831. The first kappa shape index (κ1) is 14.9. The molecule has 0 atom stereocenters. The van der Waals surface area contributed by atoms with Crippen molar-refractivity contribution in [3.8, 4) is 0 Å². The fourth-order valence-electron chi connectivity index (χ4n) is 1.64. The van der Waals surface area contributed by atoms with Gasteiger partial charge in [0.2, 0.25) is 0 Å². The second kappa shape index (κ2) is 6.77. The van der Waals surface area contributed by atoms with Crippen LogP contribution in [0.15, 0.2) is 70.3 Å². The lowest BCUT2D eigenvalue weighted by atomic mass is 10.2. The van der Waals surface area contributed by atoms with E-state index in [1.165, 1.54) is 22.7 Å². The smallest absolute Gasteiger partial charge is 0.200 e. The fraction of sp³-hybridized carbons (Fsp3) is 0.125. The number of sulfone groups is 1. The number of benzene rings is 2. The SMILES string of the molecule is Cc1ccc(S(=O)(=O)/C=C/SCc2ccccc2)cc1. The molecule has 0 aliphatic rings. The van der Waals surface area contributed by atoms with Crippen LogP contribution in [0.4, 0.5) is 0 Å². The Kier molecular flexibility index (Phi) is 5.04. The molecule has 2 nitrogen and oxygen atoms in total. The highest BCUT2D eigenvalue weighted by molar-refractivity contribution is 8.02. The Morgan fingerprint density at radius 2 is 1.65 bits per heavy atom. The molecule has 0 saturated heterocycles. The zero-order valence-corrected chi connectivity index (χ0v) is 12.8. The molecule has 0 unspecified atom stereocenters. The molecule has 2 aromatic carbocycles. The van der Waals surface area contributed by atoms with Crippen LogP contribution >= 0.6 is 11.8 Å². The third-order valence-corrected chi connectivity index (χ3v) is 5.20. The number of thioether (sulfide) groups is 1. The summed E-state index contributed by atoms with van der Waals surface area (Å²) in [7, 11) is -3.33. The van der Waals surface area contributed by atoms with Gasteiger partial charge in [0.05, 0.1) is 4.90 Å². The topological polar surface area (TPSA) is 34.1 Å². The highest BCUT2D eigenvalue weighted by Gasteiger charge is 2.09. The first-order valence-corrected chi connectivity index (χ1v) is 8.81. The van der Waals surface area contributed by atoms with Crippen LogP contribution in [-0.4, -0.2) is 8.42 Å². The molecule has 104 valence electrons. The summed E-state index contributed by atoms with van der Waals surface area (Å²) < 4.78 is 24.1. The van der Waals surface area contributed by atoms with Crippen molar-refractivity contribution in [2.45, 2.75) is 17.6 Å². The Bertz CT molecular complexity index is 672. The summed E-state index contributed by atoms with van der Waals surface area (Å²) in [4.78, 5) is 0.333. The van der Waals surface area contributed by atoms with Gasteiger partial charge in [-0.25, -0.2) is 8.42 Å². The van der Waals surface area contributed by atoms with Crippen molar-refractivity contribution in [2.75, 3.05) is 0 Å². The van der Waals surface area contributed by atoms with E-state index < -0.39 is 9.84 Å². The van der Waals surface area contributed by atoms with Gasteiger partial charge in [0, 0.05) is 11.2 Å². The Morgan fingerprint density at radius 1 is 1.00 bits per heavy atom.